The highest BCUT2D eigenvalue weighted by Crippen LogP contribution is 2.29. The lowest BCUT2D eigenvalue weighted by atomic mass is 10.1. The van der Waals surface area contributed by atoms with Gasteiger partial charge in [0.05, 0.1) is 24.0 Å². The van der Waals surface area contributed by atoms with Gasteiger partial charge in [0.25, 0.3) is 5.91 Å². The van der Waals surface area contributed by atoms with E-state index in [9.17, 15) is 22.8 Å². The van der Waals surface area contributed by atoms with Crippen molar-refractivity contribution in [3.63, 3.8) is 0 Å². The number of alkyl halides is 3. The lowest BCUT2D eigenvalue weighted by molar-refractivity contribution is -0.137. The van der Waals surface area contributed by atoms with E-state index >= 15 is 0 Å². The Morgan fingerprint density at radius 2 is 1.97 bits per heavy atom. The van der Waals surface area contributed by atoms with Gasteiger partial charge < -0.3 is 19.4 Å². The first-order valence-electron chi connectivity index (χ1n) is 8.97. The summed E-state index contributed by atoms with van der Waals surface area (Å²) in [7, 11) is 1.51. The Morgan fingerprint density at radius 3 is 2.59 bits per heavy atom. The van der Waals surface area contributed by atoms with Crippen LogP contribution in [0.25, 0.3) is 0 Å². The molecule has 1 heterocycles. The number of carbonyl (C=O) groups is 2. The molecule has 2 rings (SSSR count). The van der Waals surface area contributed by atoms with Crippen molar-refractivity contribution in [1.82, 2.24) is 10.2 Å². The van der Waals surface area contributed by atoms with Gasteiger partial charge in [-0.15, -0.1) is 0 Å². The van der Waals surface area contributed by atoms with Crippen molar-refractivity contribution in [1.29, 1.82) is 0 Å². The Bertz CT molecular complexity index is 833. The van der Waals surface area contributed by atoms with Crippen molar-refractivity contribution < 1.29 is 31.9 Å². The summed E-state index contributed by atoms with van der Waals surface area (Å²) in [6.45, 7) is 2.37. The minimum Gasteiger partial charge on any atom is -0.469 e. The molecule has 9 heteroatoms. The quantitative estimate of drug-likeness (QED) is 0.685. The Labute approximate surface area is 166 Å². The highest BCUT2D eigenvalue weighted by Gasteiger charge is 2.30. The maximum Gasteiger partial charge on any atom is 0.416 e. The van der Waals surface area contributed by atoms with Gasteiger partial charge in [0.2, 0.25) is 5.91 Å². The van der Waals surface area contributed by atoms with Crippen LogP contribution in [0.1, 0.15) is 33.7 Å². The average Bonchev–Trinajstić information content (AvgIpc) is 3.11. The second-order valence-electron chi connectivity index (χ2n) is 6.40. The summed E-state index contributed by atoms with van der Waals surface area (Å²) >= 11 is 0. The van der Waals surface area contributed by atoms with Gasteiger partial charge in [-0.1, -0.05) is 12.1 Å². The van der Waals surface area contributed by atoms with E-state index in [1.165, 1.54) is 30.4 Å². The number of methoxy groups -OCH3 is 1. The number of hydrogen-bond donors (Lipinski definition) is 1. The summed E-state index contributed by atoms with van der Waals surface area (Å²) in [6.07, 6.45) is -3.02. The summed E-state index contributed by atoms with van der Waals surface area (Å²) in [5.74, 6) is -0.174. The van der Waals surface area contributed by atoms with Crippen LogP contribution in [0.3, 0.4) is 0 Å². The molecule has 0 atom stereocenters. The number of ether oxygens (including phenoxy) is 1. The predicted molar refractivity (Wildman–Crippen MR) is 99.1 cm³/mol. The lowest BCUT2D eigenvalue weighted by Gasteiger charge is -2.22. The molecule has 2 aromatic rings. The number of nitrogens with zero attached hydrogens (tertiary/aromatic N) is 1. The molecular weight excluding hydrogens is 389 g/mol. The first-order valence-corrected chi connectivity index (χ1v) is 8.97. The second kappa shape index (κ2) is 10.1. The molecule has 6 nitrogen and oxygen atoms in total. The van der Waals surface area contributed by atoms with Crippen LogP contribution in [-0.4, -0.2) is 43.5 Å². The van der Waals surface area contributed by atoms with Crippen molar-refractivity contribution in [2.24, 2.45) is 0 Å². The highest BCUT2D eigenvalue weighted by atomic mass is 19.4. The Balaban J connectivity index is 1.91. The van der Waals surface area contributed by atoms with Crippen LogP contribution in [-0.2, 0) is 22.3 Å². The van der Waals surface area contributed by atoms with E-state index in [0.29, 0.717) is 30.0 Å². The number of nitrogens with one attached hydrogen (secondary N) is 1. The molecule has 1 aromatic heterocycles. The number of hydrogen-bond acceptors (Lipinski definition) is 4. The minimum atomic E-state index is -4.44. The zero-order valence-corrected chi connectivity index (χ0v) is 16.2. The van der Waals surface area contributed by atoms with Gasteiger partial charge in [-0.3, -0.25) is 9.59 Å². The summed E-state index contributed by atoms with van der Waals surface area (Å²) in [5, 5.41) is 2.58. The number of benzene rings is 1. The molecule has 2 amide bonds. The molecule has 158 valence electrons. The van der Waals surface area contributed by atoms with E-state index in [1.807, 2.05) is 0 Å². The third-order valence-electron chi connectivity index (χ3n) is 4.29. The summed E-state index contributed by atoms with van der Waals surface area (Å²) in [5.41, 5.74) is -0.0175. The summed E-state index contributed by atoms with van der Waals surface area (Å²) in [6, 6.07) is 6.33. The van der Waals surface area contributed by atoms with Crippen LogP contribution in [0.15, 0.2) is 41.0 Å². The van der Waals surface area contributed by atoms with Crippen molar-refractivity contribution in [2.45, 2.75) is 26.1 Å². The number of aryl methyl sites for hydroxylation is 1. The zero-order valence-electron chi connectivity index (χ0n) is 16.2. The molecule has 1 N–H and O–H groups in total. The highest BCUT2D eigenvalue weighted by molar-refractivity contribution is 5.95. The molecule has 0 aliphatic carbocycles. The van der Waals surface area contributed by atoms with Crippen LogP contribution in [0, 0.1) is 6.92 Å². The summed E-state index contributed by atoms with van der Waals surface area (Å²) in [4.78, 5) is 26.2. The topological polar surface area (TPSA) is 71.8 Å². The van der Waals surface area contributed by atoms with Crippen molar-refractivity contribution in [2.75, 3.05) is 26.8 Å². The smallest absolute Gasteiger partial charge is 0.416 e. The van der Waals surface area contributed by atoms with Crippen molar-refractivity contribution >= 4 is 11.8 Å². The molecule has 0 bridgehead atoms. The Hall–Kier alpha value is -2.81. The fourth-order valence-electron chi connectivity index (χ4n) is 2.68. The number of furan rings is 1. The largest absolute Gasteiger partial charge is 0.469 e. The van der Waals surface area contributed by atoms with E-state index in [4.69, 9.17) is 9.15 Å². The van der Waals surface area contributed by atoms with Crippen LogP contribution in [0.2, 0.25) is 0 Å². The van der Waals surface area contributed by atoms with E-state index in [-0.39, 0.29) is 31.3 Å². The molecule has 0 fully saturated rings. The van der Waals surface area contributed by atoms with Gasteiger partial charge in [0.15, 0.2) is 0 Å². The van der Waals surface area contributed by atoms with Crippen LogP contribution in [0.4, 0.5) is 13.2 Å². The molecule has 29 heavy (non-hydrogen) atoms. The van der Waals surface area contributed by atoms with Gasteiger partial charge in [-0.05, 0) is 30.7 Å². The van der Waals surface area contributed by atoms with Gasteiger partial charge in [-0.2, -0.15) is 13.2 Å². The Kier molecular flexibility index (Phi) is 7.83. The molecule has 0 spiro atoms. The number of rotatable bonds is 9. The average molecular weight is 412 g/mol. The standard InChI is InChI=1S/C20H23F3N2O4/c1-14-17(7-10-29-14)19(27)25(9-11-28-2)8-6-18(26)24-13-15-4-3-5-16(12-15)20(21,22)23/h3-5,7,10,12H,6,8-9,11,13H2,1-2H3,(H,24,26). The van der Waals surface area contributed by atoms with Crippen molar-refractivity contribution in [3.8, 4) is 0 Å². The SMILES string of the molecule is COCCN(CCC(=O)NCc1cccc(C(F)(F)F)c1)C(=O)c1ccoc1C. The number of amides is 2. The maximum absolute atomic E-state index is 12.8. The zero-order chi connectivity index (χ0) is 21.4. The van der Waals surface area contributed by atoms with Gasteiger partial charge in [0, 0.05) is 33.2 Å². The Morgan fingerprint density at radius 1 is 1.21 bits per heavy atom. The van der Waals surface area contributed by atoms with E-state index < -0.39 is 11.7 Å². The van der Waals surface area contributed by atoms with Gasteiger partial charge in [-0.25, -0.2) is 0 Å². The minimum absolute atomic E-state index is 0.00527. The normalized spacial score (nSPS) is 11.3. The lowest BCUT2D eigenvalue weighted by Crippen LogP contribution is -2.37. The molecule has 0 saturated heterocycles. The van der Waals surface area contributed by atoms with E-state index in [0.717, 1.165) is 12.1 Å². The monoisotopic (exact) mass is 412 g/mol. The van der Waals surface area contributed by atoms with Crippen LogP contribution >= 0.6 is 0 Å². The number of halogens is 3. The van der Waals surface area contributed by atoms with Gasteiger partial charge >= 0.3 is 6.18 Å². The third kappa shape index (κ3) is 6.63. The molecule has 0 unspecified atom stereocenters. The first kappa shape index (κ1) is 22.5. The predicted octanol–water partition coefficient (Wildman–Crippen LogP) is 3.40. The molecular formula is C20H23F3N2O4. The fourth-order valence-corrected chi connectivity index (χ4v) is 2.68. The fraction of sp³-hybridized carbons (Fsp3) is 0.400. The van der Waals surface area contributed by atoms with Gasteiger partial charge in [0.1, 0.15) is 5.76 Å². The maximum atomic E-state index is 12.8. The molecule has 0 saturated carbocycles. The van der Waals surface area contributed by atoms with E-state index in [1.54, 1.807) is 13.0 Å². The van der Waals surface area contributed by atoms with Crippen molar-refractivity contribution in [3.05, 3.63) is 59.0 Å². The molecule has 0 radical (unpaired) electrons. The van der Waals surface area contributed by atoms with Crippen LogP contribution < -0.4 is 5.32 Å². The molecule has 0 aliphatic heterocycles. The number of carbonyl (C=O) groups excluding carboxylic acids is 2. The second-order valence-corrected chi connectivity index (χ2v) is 6.40. The third-order valence-corrected chi connectivity index (χ3v) is 4.29. The van der Waals surface area contributed by atoms with Crippen LogP contribution in [0.5, 0.6) is 0 Å². The first-order chi connectivity index (χ1) is 13.7. The van der Waals surface area contributed by atoms with E-state index in [2.05, 4.69) is 5.32 Å². The summed E-state index contributed by atoms with van der Waals surface area (Å²) < 4.78 is 48.4. The molecule has 1 aromatic carbocycles. The molecule has 0 aliphatic rings.